The van der Waals surface area contributed by atoms with Crippen molar-refractivity contribution in [3.63, 3.8) is 0 Å². The Morgan fingerprint density at radius 2 is 1.73 bits per heavy atom. The number of para-hydroxylation sites is 1. The van der Waals surface area contributed by atoms with E-state index in [9.17, 15) is 13.5 Å². The molecule has 3 aromatic carbocycles. The molecule has 1 aromatic heterocycles. The molecular weight excluding hydrogens is 484 g/mol. The van der Waals surface area contributed by atoms with Crippen molar-refractivity contribution in [2.24, 2.45) is 5.92 Å². The van der Waals surface area contributed by atoms with Gasteiger partial charge < -0.3 is 9.84 Å². The standard InChI is InChI=1S/C30H32N2O4S/c1-3-23-21-31(20-22-13-15-25(36-2)16-14-22)18-17-27(23)30(33)29-19-24-9-7-8-12-28(24)32(29)37(34,35)26-10-5-4-6-11-26/h3-16,19,27,30,33H,17-18,20-21H2,1-2H3/b23-3-/t27?,30-/m0/s1. The highest BCUT2D eigenvalue weighted by Crippen LogP contribution is 2.38. The van der Waals surface area contributed by atoms with E-state index < -0.39 is 16.1 Å². The summed E-state index contributed by atoms with van der Waals surface area (Å²) in [6.07, 6.45) is 1.83. The molecule has 0 aliphatic carbocycles. The molecule has 0 amide bonds. The molecule has 2 atom stereocenters. The highest BCUT2D eigenvalue weighted by molar-refractivity contribution is 7.90. The fraction of sp³-hybridized carbons (Fsp3) is 0.267. The molecule has 5 rings (SSSR count). The van der Waals surface area contributed by atoms with Crippen molar-refractivity contribution in [2.45, 2.75) is 30.9 Å². The Hall–Kier alpha value is -3.39. The number of methoxy groups -OCH3 is 1. The fourth-order valence-corrected chi connectivity index (χ4v) is 6.86. The average molecular weight is 517 g/mol. The first-order chi connectivity index (χ1) is 17.9. The number of aliphatic hydroxyl groups is 1. The lowest BCUT2D eigenvalue weighted by Crippen LogP contribution is -2.37. The summed E-state index contributed by atoms with van der Waals surface area (Å²) in [7, 11) is -2.24. The Morgan fingerprint density at radius 1 is 1.03 bits per heavy atom. The lowest BCUT2D eigenvalue weighted by atomic mass is 9.84. The number of rotatable bonds is 7. The number of piperidine rings is 1. The molecule has 1 N–H and O–H groups in total. The molecule has 0 radical (unpaired) electrons. The molecule has 192 valence electrons. The van der Waals surface area contributed by atoms with Crippen LogP contribution in [0.15, 0.2) is 101 Å². The molecule has 37 heavy (non-hydrogen) atoms. The van der Waals surface area contributed by atoms with Gasteiger partial charge in [0.05, 0.1) is 23.2 Å². The van der Waals surface area contributed by atoms with Gasteiger partial charge in [0, 0.05) is 24.4 Å². The molecule has 0 bridgehead atoms. The smallest absolute Gasteiger partial charge is 0.268 e. The van der Waals surface area contributed by atoms with Gasteiger partial charge in [0.25, 0.3) is 10.0 Å². The third kappa shape index (κ3) is 4.94. The van der Waals surface area contributed by atoms with Gasteiger partial charge >= 0.3 is 0 Å². The number of allylic oxidation sites excluding steroid dienone is 1. The summed E-state index contributed by atoms with van der Waals surface area (Å²) in [5, 5.41) is 12.5. The maximum atomic E-state index is 13.8. The van der Waals surface area contributed by atoms with Crippen molar-refractivity contribution in [1.82, 2.24) is 8.87 Å². The minimum absolute atomic E-state index is 0.175. The van der Waals surface area contributed by atoms with E-state index >= 15 is 0 Å². The predicted molar refractivity (Wildman–Crippen MR) is 146 cm³/mol. The van der Waals surface area contributed by atoms with E-state index in [0.717, 1.165) is 42.8 Å². The van der Waals surface area contributed by atoms with Crippen molar-refractivity contribution < 1.29 is 18.3 Å². The van der Waals surface area contributed by atoms with E-state index in [1.807, 2.05) is 43.3 Å². The van der Waals surface area contributed by atoms with Crippen molar-refractivity contribution in [3.8, 4) is 5.75 Å². The van der Waals surface area contributed by atoms with E-state index in [-0.39, 0.29) is 10.8 Å². The third-order valence-corrected chi connectivity index (χ3v) is 8.99. The second kappa shape index (κ2) is 10.5. The zero-order valence-electron chi connectivity index (χ0n) is 21.1. The largest absolute Gasteiger partial charge is 0.497 e. The molecular formula is C30H32N2O4S. The normalized spacial score (nSPS) is 18.8. The van der Waals surface area contributed by atoms with Crippen LogP contribution in [-0.2, 0) is 16.6 Å². The van der Waals surface area contributed by atoms with Gasteiger partial charge in [-0.3, -0.25) is 4.90 Å². The first-order valence-corrected chi connectivity index (χ1v) is 14.0. The van der Waals surface area contributed by atoms with Crippen LogP contribution in [0.25, 0.3) is 10.9 Å². The molecule has 2 heterocycles. The summed E-state index contributed by atoms with van der Waals surface area (Å²) in [5.74, 6) is 0.659. The van der Waals surface area contributed by atoms with Gasteiger partial charge in [-0.25, -0.2) is 12.4 Å². The number of aromatic nitrogens is 1. The Bertz CT molecular complexity index is 1510. The number of benzene rings is 3. The summed E-state index contributed by atoms with van der Waals surface area (Å²) in [6.45, 7) is 4.31. The van der Waals surface area contributed by atoms with E-state index in [0.29, 0.717) is 11.2 Å². The number of likely N-dealkylation sites (tertiary alicyclic amines) is 1. The van der Waals surface area contributed by atoms with E-state index in [2.05, 4.69) is 23.1 Å². The lowest BCUT2D eigenvalue weighted by Gasteiger charge is -2.37. The van der Waals surface area contributed by atoms with Crippen molar-refractivity contribution >= 4 is 20.9 Å². The van der Waals surface area contributed by atoms with Crippen LogP contribution in [0.5, 0.6) is 5.75 Å². The van der Waals surface area contributed by atoms with Crippen LogP contribution in [-0.4, -0.2) is 42.6 Å². The number of fused-ring (bicyclic) bond motifs is 1. The van der Waals surface area contributed by atoms with Gasteiger partial charge in [-0.2, -0.15) is 0 Å². The number of hydrogen-bond donors (Lipinski definition) is 1. The summed E-state index contributed by atoms with van der Waals surface area (Å²) < 4.78 is 34.2. The van der Waals surface area contributed by atoms with Crippen LogP contribution in [0.3, 0.4) is 0 Å². The van der Waals surface area contributed by atoms with Gasteiger partial charge in [-0.1, -0.05) is 60.2 Å². The monoisotopic (exact) mass is 516 g/mol. The Kier molecular flexibility index (Phi) is 7.20. The van der Waals surface area contributed by atoms with Crippen molar-refractivity contribution in [1.29, 1.82) is 0 Å². The second-order valence-electron chi connectivity index (χ2n) is 9.47. The lowest BCUT2D eigenvalue weighted by molar-refractivity contribution is 0.0866. The molecule has 0 spiro atoms. The maximum absolute atomic E-state index is 13.8. The Morgan fingerprint density at radius 3 is 2.43 bits per heavy atom. The maximum Gasteiger partial charge on any atom is 0.268 e. The van der Waals surface area contributed by atoms with Crippen LogP contribution in [0.1, 0.15) is 30.7 Å². The summed E-state index contributed by atoms with van der Waals surface area (Å²) in [5.41, 5.74) is 3.28. The molecule has 1 aliphatic rings. The minimum Gasteiger partial charge on any atom is -0.497 e. The predicted octanol–water partition coefficient (Wildman–Crippen LogP) is 5.39. The van der Waals surface area contributed by atoms with Gasteiger partial charge in [-0.05, 0) is 61.9 Å². The molecule has 6 nitrogen and oxygen atoms in total. The highest BCUT2D eigenvalue weighted by Gasteiger charge is 2.34. The van der Waals surface area contributed by atoms with E-state index in [1.165, 1.54) is 9.54 Å². The van der Waals surface area contributed by atoms with Crippen LogP contribution in [0.4, 0.5) is 0 Å². The van der Waals surface area contributed by atoms with Crippen LogP contribution >= 0.6 is 0 Å². The topological polar surface area (TPSA) is 71.8 Å². The van der Waals surface area contributed by atoms with Crippen molar-refractivity contribution in [3.05, 3.63) is 108 Å². The number of hydrogen-bond acceptors (Lipinski definition) is 5. The second-order valence-corrected chi connectivity index (χ2v) is 11.3. The van der Waals surface area contributed by atoms with E-state index in [1.54, 1.807) is 43.5 Å². The summed E-state index contributed by atoms with van der Waals surface area (Å²) in [4.78, 5) is 2.56. The van der Waals surface area contributed by atoms with Crippen LogP contribution in [0, 0.1) is 5.92 Å². The number of ether oxygens (including phenoxy) is 1. The number of nitrogens with zero attached hydrogens (tertiary/aromatic N) is 2. The molecule has 1 saturated heterocycles. The molecule has 4 aromatic rings. The molecule has 7 heteroatoms. The molecule has 1 unspecified atom stereocenters. The zero-order valence-corrected chi connectivity index (χ0v) is 21.9. The van der Waals surface area contributed by atoms with E-state index in [4.69, 9.17) is 4.74 Å². The third-order valence-electron chi connectivity index (χ3n) is 7.23. The molecule has 0 saturated carbocycles. The highest BCUT2D eigenvalue weighted by atomic mass is 32.2. The summed E-state index contributed by atoms with van der Waals surface area (Å²) in [6, 6.07) is 25.7. The minimum atomic E-state index is -3.90. The first kappa shape index (κ1) is 25.3. The van der Waals surface area contributed by atoms with Crippen LogP contribution < -0.4 is 4.74 Å². The molecule has 1 aliphatic heterocycles. The Balaban J connectivity index is 1.45. The van der Waals surface area contributed by atoms with Gasteiger partial charge in [0.1, 0.15) is 11.9 Å². The average Bonchev–Trinajstić information content (AvgIpc) is 3.34. The SMILES string of the molecule is C/C=C1/CN(Cc2ccc(OC)cc2)CCC1[C@H](O)c1cc2ccccc2n1S(=O)(=O)c1ccccc1. The van der Waals surface area contributed by atoms with Crippen molar-refractivity contribution in [2.75, 3.05) is 20.2 Å². The van der Waals surface area contributed by atoms with Gasteiger partial charge in [-0.15, -0.1) is 0 Å². The Labute approximate surface area is 218 Å². The first-order valence-electron chi connectivity index (χ1n) is 12.5. The zero-order chi connectivity index (χ0) is 26.0. The van der Waals surface area contributed by atoms with Gasteiger partial charge in [0.15, 0.2) is 0 Å². The number of aliphatic hydroxyl groups excluding tert-OH is 1. The fourth-order valence-electron chi connectivity index (χ4n) is 5.28. The molecule has 1 fully saturated rings. The quantitative estimate of drug-likeness (QED) is 0.334. The summed E-state index contributed by atoms with van der Waals surface area (Å²) >= 11 is 0. The van der Waals surface area contributed by atoms with Crippen LogP contribution in [0.2, 0.25) is 0 Å². The van der Waals surface area contributed by atoms with Gasteiger partial charge in [0.2, 0.25) is 0 Å².